The lowest BCUT2D eigenvalue weighted by molar-refractivity contribution is -0.125. The Morgan fingerprint density at radius 2 is 2.05 bits per heavy atom. The molecule has 0 atom stereocenters. The van der Waals surface area contributed by atoms with E-state index in [9.17, 15) is 4.79 Å². The van der Waals surface area contributed by atoms with Crippen molar-refractivity contribution < 1.29 is 9.53 Å². The van der Waals surface area contributed by atoms with Crippen molar-refractivity contribution in [2.45, 2.75) is 25.9 Å². The molecule has 1 fully saturated rings. The van der Waals surface area contributed by atoms with Crippen LogP contribution in [0.25, 0.3) is 0 Å². The summed E-state index contributed by atoms with van der Waals surface area (Å²) in [5, 5.41) is 3.28. The quantitative estimate of drug-likeness (QED) is 0.898. The van der Waals surface area contributed by atoms with Gasteiger partial charge in [-0.05, 0) is 44.5 Å². The number of nitrogens with zero attached hydrogens (tertiary/aromatic N) is 1. The van der Waals surface area contributed by atoms with E-state index in [-0.39, 0.29) is 18.6 Å². The number of amides is 1. The zero-order valence-electron chi connectivity index (χ0n) is 11.7. The predicted molar refractivity (Wildman–Crippen MR) is 76.4 cm³/mol. The number of carbonyl (C=O) groups is 1. The first-order valence-electron chi connectivity index (χ1n) is 6.83. The fraction of sp³-hybridized carbons (Fsp3) is 0.533. The van der Waals surface area contributed by atoms with Crippen molar-refractivity contribution in [3.05, 3.63) is 29.8 Å². The van der Waals surface area contributed by atoms with E-state index in [1.165, 1.54) is 0 Å². The van der Waals surface area contributed by atoms with E-state index in [0.29, 0.717) is 0 Å². The molecule has 2 rings (SSSR count). The largest absolute Gasteiger partial charge is 0.368 e. The van der Waals surface area contributed by atoms with Gasteiger partial charge in [-0.1, -0.05) is 18.2 Å². The first-order chi connectivity index (χ1) is 9.18. The normalized spacial score (nSPS) is 16.3. The third-order valence-corrected chi connectivity index (χ3v) is 3.58. The molecular formula is C15H22N2O2. The summed E-state index contributed by atoms with van der Waals surface area (Å²) in [6.07, 6.45) is 2.19. The molecule has 0 saturated carbocycles. The number of aryl methyl sites for hydroxylation is 1. The van der Waals surface area contributed by atoms with Crippen LogP contribution in [-0.4, -0.2) is 38.8 Å². The molecule has 0 aromatic heterocycles. The summed E-state index contributed by atoms with van der Waals surface area (Å²) in [5.41, 5.74) is 2.04. The molecule has 1 aliphatic heterocycles. The molecule has 0 radical (unpaired) electrons. The molecule has 0 spiro atoms. The number of carbonyl (C=O) groups excluding carboxylic acids is 1. The van der Waals surface area contributed by atoms with Crippen molar-refractivity contribution in [2.75, 3.05) is 31.6 Å². The molecule has 1 saturated heterocycles. The number of piperidine rings is 1. The Morgan fingerprint density at radius 1 is 1.37 bits per heavy atom. The fourth-order valence-electron chi connectivity index (χ4n) is 2.32. The Labute approximate surface area is 114 Å². The maximum atomic E-state index is 12.1. The maximum absolute atomic E-state index is 12.1. The number of rotatable bonds is 4. The molecule has 1 aliphatic rings. The molecule has 0 bridgehead atoms. The molecule has 1 aromatic rings. The van der Waals surface area contributed by atoms with Gasteiger partial charge in [-0.15, -0.1) is 0 Å². The van der Waals surface area contributed by atoms with E-state index in [0.717, 1.165) is 37.2 Å². The Kier molecular flexibility index (Phi) is 4.93. The fourth-order valence-corrected chi connectivity index (χ4v) is 2.32. The highest BCUT2D eigenvalue weighted by molar-refractivity contribution is 5.94. The third-order valence-electron chi connectivity index (χ3n) is 3.58. The van der Waals surface area contributed by atoms with E-state index in [4.69, 9.17) is 4.74 Å². The molecular weight excluding hydrogens is 240 g/mol. The second-order valence-corrected chi connectivity index (χ2v) is 5.00. The van der Waals surface area contributed by atoms with Gasteiger partial charge in [-0.3, -0.25) is 4.79 Å². The van der Waals surface area contributed by atoms with Crippen LogP contribution in [0.4, 0.5) is 5.69 Å². The Morgan fingerprint density at radius 3 is 2.74 bits per heavy atom. The summed E-state index contributed by atoms with van der Waals surface area (Å²) in [7, 11) is 1.80. The number of hydrogen-bond acceptors (Lipinski definition) is 3. The second kappa shape index (κ2) is 6.68. The van der Waals surface area contributed by atoms with Crippen LogP contribution in [0.5, 0.6) is 0 Å². The Hall–Kier alpha value is -1.39. The van der Waals surface area contributed by atoms with Crippen LogP contribution in [0.15, 0.2) is 24.3 Å². The van der Waals surface area contributed by atoms with Crippen LogP contribution in [0.1, 0.15) is 18.4 Å². The number of nitrogens with one attached hydrogen (secondary N) is 1. The summed E-state index contributed by atoms with van der Waals surface area (Å²) >= 11 is 0. The first kappa shape index (κ1) is 14.0. The number of para-hydroxylation sites is 1. The second-order valence-electron chi connectivity index (χ2n) is 5.00. The van der Waals surface area contributed by atoms with Gasteiger partial charge in [0.25, 0.3) is 5.91 Å². The van der Waals surface area contributed by atoms with Crippen molar-refractivity contribution in [3.63, 3.8) is 0 Å². The summed E-state index contributed by atoms with van der Waals surface area (Å²) in [5.74, 6) is 0.00725. The highest BCUT2D eigenvalue weighted by Crippen LogP contribution is 2.18. The van der Waals surface area contributed by atoms with Crippen LogP contribution >= 0.6 is 0 Å². The summed E-state index contributed by atoms with van der Waals surface area (Å²) in [6.45, 7) is 4.13. The first-order valence-corrected chi connectivity index (χ1v) is 6.83. The minimum absolute atomic E-state index is 0.00725. The topological polar surface area (TPSA) is 41.6 Å². The minimum Gasteiger partial charge on any atom is -0.368 e. The smallest absolute Gasteiger partial charge is 0.252 e. The van der Waals surface area contributed by atoms with E-state index < -0.39 is 0 Å². The van der Waals surface area contributed by atoms with Gasteiger partial charge < -0.3 is 15.0 Å². The number of benzene rings is 1. The van der Waals surface area contributed by atoms with E-state index in [1.54, 1.807) is 11.9 Å². The van der Waals surface area contributed by atoms with Gasteiger partial charge in [0.15, 0.2) is 0 Å². The standard InChI is InChI=1S/C15H22N2O2/c1-12-5-3-4-6-14(12)17(2)15(18)11-19-13-7-9-16-10-8-13/h3-6,13,16H,7-11H2,1-2H3. The van der Waals surface area contributed by atoms with Gasteiger partial charge in [-0.25, -0.2) is 0 Å². The Balaban J connectivity index is 1.87. The molecule has 104 valence electrons. The van der Waals surface area contributed by atoms with Gasteiger partial charge in [0.2, 0.25) is 0 Å². The van der Waals surface area contributed by atoms with Gasteiger partial charge in [0, 0.05) is 12.7 Å². The van der Waals surface area contributed by atoms with E-state index >= 15 is 0 Å². The summed E-state index contributed by atoms with van der Waals surface area (Å²) in [4.78, 5) is 13.8. The molecule has 4 nitrogen and oxygen atoms in total. The van der Waals surface area contributed by atoms with E-state index in [2.05, 4.69) is 5.32 Å². The third kappa shape index (κ3) is 3.78. The average Bonchev–Trinajstić information content (AvgIpc) is 2.45. The number of anilines is 1. The lowest BCUT2D eigenvalue weighted by atomic mass is 10.1. The average molecular weight is 262 g/mol. The minimum atomic E-state index is 0.00725. The lowest BCUT2D eigenvalue weighted by Crippen LogP contribution is -2.36. The van der Waals surface area contributed by atoms with Crippen molar-refractivity contribution in [1.82, 2.24) is 5.32 Å². The van der Waals surface area contributed by atoms with Crippen molar-refractivity contribution >= 4 is 11.6 Å². The zero-order chi connectivity index (χ0) is 13.7. The van der Waals surface area contributed by atoms with Crippen LogP contribution < -0.4 is 10.2 Å². The van der Waals surface area contributed by atoms with Gasteiger partial charge in [0.1, 0.15) is 6.61 Å². The summed E-state index contributed by atoms with van der Waals surface area (Å²) < 4.78 is 5.70. The van der Waals surface area contributed by atoms with Gasteiger partial charge in [-0.2, -0.15) is 0 Å². The Bertz CT molecular complexity index is 428. The summed E-state index contributed by atoms with van der Waals surface area (Å²) in [6, 6.07) is 7.88. The molecule has 1 amide bonds. The molecule has 4 heteroatoms. The van der Waals surface area contributed by atoms with Crippen LogP contribution in [0, 0.1) is 6.92 Å². The molecule has 1 N–H and O–H groups in total. The van der Waals surface area contributed by atoms with Crippen molar-refractivity contribution in [3.8, 4) is 0 Å². The van der Waals surface area contributed by atoms with Gasteiger partial charge >= 0.3 is 0 Å². The van der Waals surface area contributed by atoms with Gasteiger partial charge in [0.05, 0.1) is 6.10 Å². The molecule has 1 aromatic carbocycles. The molecule has 19 heavy (non-hydrogen) atoms. The zero-order valence-corrected chi connectivity index (χ0v) is 11.7. The van der Waals surface area contributed by atoms with Crippen LogP contribution in [-0.2, 0) is 9.53 Å². The molecule has 0 unspecified atom stereocenters. The lowest BCUT2D eigenvalue weighted by Gasteiger charge is -2.24. The maximum Gasteiger partial charge on any atom is 0.252 e. The number of likely N-dealkylation sites (N-methyl/N-ethyl adjacent to an activating group) is 1. The SMILES string of the molecule is Cc1ccccc1N(C)C(=O)COC1CCNCC1. The predicted octanol–water partition coefficient (Wildman–Crippen LogP) is 1.73. The number of ether oxygens (including phenoxy) is 1. The van der Waals surface area contributed by atoms with Crippen molar-refractivity contribution in [2.24, 2.45) is 0 Å². The number of hydrogen-bond donors (Lipinski definition) is 1. The highest BCUT2D eigenvalue weighted by Gasteiger charge is 2.17. The molecule has 1 heterocycles. The monoisotopic (exact) mass is 262 g/mol. The van der Waals surface area contributed by atoms with E-state index in [1.807, 2.05) is 31.2 Å². The molecule has 0 aliphatic carbocycles. The van der Waals surface area contributed by atoms with Crippen molar-refractivity contribution in [1.29, 1.82) is 0 Å². The van der Waals surface area contributed by atoms with Crippen LogP contribution in [0.2, 0.25) is 0 Å². The highest BCUT2D eigenvalue weighted by atomic mass is 16.5. The van der Waals surface area contributed by atoms with Crippen LogP contribution in [0.3, 0.4) is 0 Å².